The van der Waals surface area contributed by atoms with Crippen LogP contribution < -0.4 is 10.5 Å². The van der Waals surface area contributed by atoms with Gasteiger partial charge in [0.1, 0.15) is 16.9 Å². The number of cyclic esters (lactones) is 1. The molecule has 0 fully saturated rings. The first kappa shape index (κ1) is 11.0. The fourth-order valence-corrected chi connectivity index (χ4v) is 1.95. The Morgan fingerprint density at radius 3 is 2.94 bits per heavy atom. The summed E-state index contributed by atoms with van der Waals surface area (Å²) in [5.74, 6) is 0.202. The Kier molecular flexibility index (Phi) is 2.59. The highest BCUT2D eigenvalue weighted by Crippen LogP contribution is 2.32. The fourth-order valence-electron chi connectivity index (χ4n) is 1.95. The largest absolute Gasteiger partial charge is 0.496 e. The summed E-state index contributed by atoms with van der Waals surface area (Å²) in [5.41, 5.74) is 6.48. The molecule has 16 heavy (non-hydrogen) atoms. The van der Waals surface area contributed by atoms with Gasteiger partial charge in [-0.25, -0.2) is 4.79 Å². The molecule has 1 heterocycles. The molecule has 0 aromatic heterocycles. The number of hydrogen-bond acceptors (Lipinski definition) is 4. The maximum absolute atomic E-state index is 11.9. The van der Waals surface area contributed by atoms with Crippen LogP contribution in [0.5, 0.6) is 5.75 Å². The van der Waals surface area contributed by atoms with Gasteiger partial charge < -0.3 is 15.2 Å². The lowest BCUT2D eigenvalue weighted by molar-refractivity contribution is -0.0114. The molecule has 0 amide bonds. The molecule has 1 atom stereocenters. The number of carbonyl (C=O) groups is 1. The summed E-state index contributed by atoms with van der Waals surface area (Å²) in [6.45, 7) is 2.16. The molecule has 1 unspecified atom stereocenters. The smallest absolute Gasteiger partial charge is 0.342 e. The van der Waals surface area contributed by atoms with Crippen molar-refractivity contribution in [2.24, 2.45) is 5.73 Å². The molecule has 4 heteroatoms. The molecule has 2 N–H and O–H groups in total. The Bertz CT molecular complexity index is 430. The summed E-state index contributed by atoms with van der Waals surface area (Å²) in [4.78, 5) is 11.9. The first-order valence-electron chi connectivity index (χ1n) is 5.19. The summed E-state index contributed by atoms with van der Waals surface area (Å²) in [6.07, 6.45) is 0.627. The van der Waals surface area contributed by atoms with Gasteiger partial charge in [-0.2, -0.15) is 0 Å². The van der Waals surface area contributed by atoms with Crippen LogP contribution in [0.25, 0.3) is 0 Å². The van der Waals surface area contributed by atoms with Crippen molar-refractivity contribution in [3.8, 4) is 5.75 Å². The molecule has 1 aromatic rings. The van der Waals surface area contributed by atoms with Crippen LogP contribution in [0, 0.1) is 0 Å². The quantitative estimate of drug-likeness (QED) is 0.760. The molecule has 1 aliphatic rings. The Morgan fingerprint density at radius 1 is 1.56 bits per heavy atom. The van der Waals surface area contributed by atoms with E-state index < -0.39 is 5.60 Å². The summed E-state index contributed by atoms with van der Waals surface area (Å²) >= 11 is 0. The Morgan fingerprint density at radius 2 is 2.31 bits per heavy atom. The molecule has 1 aliphatic heterocycles. The monoisotopic (exact) mass is 221 g/mol. The molecular formula is C12H15NO3. The summed E-state index contributed by atoms with van der Waals surface area (Å²) in [7, 11) is 1.54. The number of esters is 1. The number of methoxy groups -OCH3 is 1. The molecule has 0 radical (unpaired) electrons. The van der Waals surface area contributed by atoms with Crippen LogP contribution in [0.4, 0.5) is 0 Å². The van der Waals surface area contributed by atoms with Crippen LogP contribution in [-0.4, -0.2) is 25.2 Å². The molecule has 0 spiro atoms. The van der Waals surface area contributed by atoms with E-state index in [1.54, 1.807) is 13.2 Å². The maximum Gasteiger partial charge on any atom is 0.342 e. The second kappa shape index (κ2) is 3.79. The van der Waals surface area contributed by atoms with Gasteiger partial charge in [-0.1, -0.05) is 12.1 Å². The SMILES string of the molecule is COc1cccc2c1C(=O)OC(C)(CN)C2. The first-order valence-corrected chi connectivity index (χ1v) is 5.19. The molecule has 1 aromatic carbocycles. The van der Waals surface area contributed by atoms with Gasteiger partial charge in [0.25, 0.3) is 0 Å². The minimum Gasteiger partial charge on any atom is -0.496 e. The van der Waals surface area contributed by atoms with Gasteiger partial charge in [-0.05, 0) is 18.6 Å². The number of fused-ring (bicyclic) bond motifs is 1. The average Bonchev–Trinajstić information content (AvgIpc) is 2.27. The number of hydrogen-bond donors (Lipinski definition) is 1. The summed E-state index contributed by atoms with van der Waals surface area (Å²) in [6, 6.07) is 5.53. The number of nitrogens with two attached hydrogens (primary N) is 1. The minimum absolute atomic E-state index is 0.315. The molecule has 2 rings (SSSR count). The molecule has 4 nitrogen and oxygen atoms in total. The van der Waals surface area contributed by atoms with Crippen molar-refractivity contribution in [1.29, 1.82) is 0 Å². The van der Waals surface area contributed by atoms with Gasteiger partial charge in [-0.15, -0.1) is 0 Å². The minimum atomic E-state index is -0.601. The zero-order valence-corrected chi connectivity index (χ0v) is 9.45. The van der Waals surface area contributed by atoms with Crippen molar-refractivity contribution in [1.82, 2.24) is 0 Å². The van der Waals surface area contributed by atoms with E-state index in [-0.39, 0.29) is 5.97 Å². The Balaban J connectivity index is 2.49. The van der Waals surface area contributed by atoms with Gasteiger partial charge >= 0.3 is 5.97 Å². The third-order valence-corrected chi connectivity index (χ3v) is 2.87. The molecule has 0 bridgehead atoms. The Hall–Kier alpha value is -1.55. The highest BCUT2D eigenvalue weighted by molar-refractivity contribution is 5.95. The van der Waals surface area contributed by atoms with Crippen molar-refractivity contribution >= 4 is 5.97 Å². The van der Waals surface area contributed by atoms with E-state index in [0.29, 0.717) is 24.3 Å². The molecule has 0 saturated heterocycles. The lowest BCUT2D eigenvalue weighted by atomic mass is 9.89. The molecule has 0 aliphatic carbocycles. The fraction of sp³-hybridized carbons (Fsp3) is 0.417. The van der Waals surface area contributed by atoms with E-state index in [1.165, 1.54) is 0 Å². The van der Waals surface area contributed by atoms with Crippen LogP contribution in [0.3, 0.4) is 0 Å². The van der Waals surface area contributed by atoms with Crippen LogP contribution >= 0.6 is 0 Å². The lowest BCUT2D eigenvalue weighted by Crippen LogP contribution is -2.45. The number of benzene rings is 1. The normalized spacial score (nSPS) is 23.6. The topological polar surface area (TPSA) is 61.5 Å². The molecule has 86 valence electrons. The van der Waals surface area contributed by atoms with E-state index in [2.05, 4.69) is 0 Å². The average molecular weight is 221 g/mol. The van der Waals surface area contributed by atoms with Crippen molar-refractivity contribution in [2.45, 2.75) is 18.9 Å². The highest BCUT2D eigenvalue weighted by atomic mass is 16.6. The van der Waals surface area contributed by atoms with E-state index in [4.69, 9.17) is 15.2 Å². The van der Waals surface area contributed by atoms with Crippen LogP contribution in [0.2, 0.25) is 0 Å². The zero-order chi connectivity index (χ0) is 11.8. The molecular weight excluding hydrogens is 206 g/mol. The van der Waals surface area contributed by atoms with Crippen LogP contribution in [0.1, 0.15) is 22.8 Å². The summed E-state index contributed by atoms with van der Waals surface area (Å²) in [5, 5.41) is 0. The predicted molar refractivity (Wildman–Crippen MR) is 59.6 cm³/mol. The molecule has 0 saturated carbocycles. The zero-order valence-electron chi connectivity index (χ0n) is 9.45. The van der Waals surface area contributed by atoms with Crippen LogP contribution in [0.15, 0.2) is 18.2 Å². The lowest BCUT2D eigenvalue weighted by Gasteiger charge is -2.33. The van der Waals surface area contributed by atoms with Gasteiger partial charge in [0, 0.05) is 13.0 Å². The summed E-state index contributed by atoms with van der Waals surface area (Å²) < 4.78 is 10.5. The van der Waals surface area contributed by atoms with Gasteiger partial charge in [-0.3, -0.25) is 0 Å². The number of ether oxygens (including phenoxy) is 2. The predicted octanol–water partition coefficient (Wildman–Crippen LogP) is 1.13. The van der Waals surface area contributed by atoms with Gasteiger partial charge in [0.15, 0.2) is 0 Å². The van der Waals surface area contributed by atoms with Crippen molar-refractivity contribution in [3.63, 3.8) is 0 Å². The highest BCUT2D eigenvalue weighted by Gasteiger charge is 2.36. The van der Waals surface area contributed by atoms with Crippen molar-refractivity contribution in [3.05, 3.63) is 29.3 Å². The standard InChI is InChI=1S/C12H15NO3/c1-12(7-13)6-8-4-3-5-9(15-2)10(8)11(14)16-12/h3-5H,6-7,13H2,1-2H3. The van der Waals surface area contributed by atoms with Crippen LogP contribution in [-0.2, 0) is 11.2 Å². The Labute approximate surface area is 94.3 Å². The third-order valence-electron chi connectivity index (χ3n) is 2.87. The number of carbonyl (C=O) groups excluding carboxylic acids is 1. The van der Waals surface area contributed by atoms with Crippen molar-refractivity contribution < 1.29 is 14.3 Å². The number of rotatable bonds is 2. The second-order valence-corrected chi connectivity index (χ2v) is 4.21. The maximum atomic E-state index is 11.9. The van der Waals surface area contributed by atoms with E-state index in [9.17, 15) is 4.79 Å². The van der Waals surface area contributed by atoms with E-state index in [0.717, 1.165) is 5.56 Å². The van der Waals surface area contributed by atoms with Crippen molar-refractivity contribution in [2.75, 3.05) is 13.7 Å². The van der Waals surface area contributed by atoms with Gasteiger partial charge in [0.05, 0.1) is 7.11 Å². The second-order valence-electron chi connectivity index (χ2n) is 4.21. The first-order chi connectivity index (χ1) is 7.59. The van der Waals surface area contributed by atoms with Gasteiger partial charge in [0.2, 0.25) is 0 Å². The van der Waals surface area contributed by atoms with E-state index >= 15 is 0 Å². The third kappa shape index (κ3) is 1.65. The van der Waals surface area contributed by atoms with E-state index in [1.807, 2.05) is 19.1 Å².